The summed E-state index contributed by atoms with van der Waals surface area (Å²) in [6, 6.07) is 0. The predicted molar refractivity (Wildman–Crippen MR) is 52.9 cm³/mol. The van der Waals surface area contributed by atoms with Crippen LogP contribution < -0.4 is 0 Å². The minimum absolute atomic E-state index is 0.0763. The number of halogens is 1. The van der Waals surface area contributed by atoms with Gasteiger partial charge in [0.05, 0.1) is 0 Å². The Balaban J connectivity index is 2.11. The van der Waals surface area contributed by atoms with Gasteiger partial charge < -0.3 is 4.74 Å². The molecule has 0 bridgehead atoms. The van der Waals surface area contributed by atoms with Crippen LogP contribution in [0.25, 0.3) is 0 Å². The zero-order chi connectivity index (χ0) is 9.52. The third kappa shape index (κ3) is 4.51. The first-order chi connectivity index (χ1) is 6.33. The quantitative estimate of drug-likeness (QED) is 0.520. The van der Waals surface area contributed by atoms with Gasteiger partial charge in [0.15, 0.2) is 0 Å². The number of esters is 1. The Morgan fingerprint density at radius 1 is 1.31 bits per heavy atom. The summed E-state index contributed by atoms with van der Waals surface area (Å²) in [5.41, 5.74) is 0. The molecule has 76 valence electrons. The van der Waals surface area contributed by atoms with Crippen LogP contribution in [0, 0.1) is 0 Å². The van der Waals surface area contributed by atoms with Gasteiger partial charge in [-0.15, -0.1) is 11.6 Å². The van der Waals surface area contributed by atoms with Crippen molar-refractivity contribution in [2.45, 2.75) is 51.0 Å². The van der Waals surface area contributed by atoms with Gasteiger partial charge in [0.1, 0.15) is 6.10 Å². The Hall–Kier alpha value is -0.240. The Morgan fingerprint density at radius 3 is 2.62 bits per heavy atom. The van der Waals surface area contributed by atoms with E-state index in [1.165, 1.54) is 19.3 Å². The number of carbonyl (C=O) groups excluding carboxylic acids is 1. The van der Waals surface area contributed by atoms with E-state index in [9.17, 15) is 4.79 Å². The molecule has 0 heterocycles. The second kappa shape index (κ2) is 6.25. The molecule has 0 aromatic heterocycles. The summed E-state index contributed by atoms with van der Waals surface area (Å²) >= 11 is 5.48. The zero-order valence-corrected chi connectivity index (χ0v) is 8.68. The lowest BCUT2D eigenvalue weighted by Crippen LogP contribution is -2.20. The Labute approximate surface area is 84.6 Å². The van der Waals surface area contributed by atoms with Crippen LogP contribution in [0.4, 0.5) is 0 Å². The van der Waals surface area contributed by atoms with Gasteiger partial charge in [-0.25, -0.2) is 0 Å². The van der Waals surface area contributed by atoms with E-state index in [0.29, 0.717) is 12.3 Å². The monoisotopic (exact) mass is 204 g/mol. The predicted octanol–water partition coefficient (Wildman–Crippen LogP) is 2.88. The Morgan fingerprint density at radius 2 is 2.00 bits per heavy atom. The van der Waals surface area contributed by atoms with Crippen molar-refractivity contribution in [3.8, 4) is 0 Å². The summed E-state index contributed by atoms with van der Waals surface area (Å²) in [4.78, 5) is 11.2. The van der Waals surface area contributed by atoms with Crippen molar-refractivity contribution in [2.24, 2.45) is 0 Å². The first kappa shape index (κ1) is 10.8. The van der Waals surface area contributed by atoms with Crippen molar-refractivity contribution in [2.75, 3.05) is 5.88 Å². The van der Waals surface area contributed by atoms with E-state index in [1.807, 2.05) is 0 Å². The van der Waals surface area contributed by atoms with Crippen molar-refractivity contribution in [3.05, 3.63) is 0 Å². The van der Waals surface area contributed by atoms with Crippen LogP contribution in [0.1, 0.15) is 44.9 Å². The fourth-order valence-electron chi connectivity index (χ4n) is 1.64. The molecule has 1 saturated carbocycles. The maximum atomic E-state index is 11.2. The highest BCUT2D eigenvalue weighted by atomic mass is 35.5. The number of carbonyl (C=O) groups is 1. The minimum Gasteiger partial charge on any atom is -0.462 e. The van der Waals surface area contributed by atoms with Crippen molar-refractivity contribution >= 4 is 17.6 Å². The molecule has 0 saturated heterocycles. The number of alkyl halides is 1. The molecule has 0 N–H and O–H groups in total. The normalized spacial score (nSPS) is 18.5. The molecule has 0 aromatic carbocycles. The molecule has 0 amide bonds. The van der Waals surface area contributed by atoms with Crippen LogP contribution in [-0.4, -0.2) is 18.0 Å². The van der Waals surface area contributed by atoms with Gasteiger partial charge in [0.2, 0.25) is 0 Å². The second-order valence-electron chi connectivity index (χ2n) is 3.54. The van der Waals surface area contributed by atoms with Gasteiger partial charge in [-0.05, 0) is 32.1 Å². The first-order valence-corrected chi connectivity index (χ1v) is 5.62. The van der Waals surface area contributed by atoms with E-state index in [4.69, 9.17) is 16.3 Å². The average Bonchev–Trinajstić information content (AvgIpc) is 2.16. The molecule has 1 aliphatic carbocycles. The summed E-state index contributed by atoms with van der Waals surface area (Å²) in [5, 5.41) is 0. The number of hydrogen-bond donors (Lipinski definition) is 0. The lowest BCUT2D eigenvalue weighted by molar-refractivity contribution is -0.150. The lowest BCUT2D eigenvalue weighted by Gasteiger charge is -2.21. The van der Waals surface area contributed by atoms with Crippen LogP contribution in [0.15, 0.2) is 0 Å². The topological polar surface area (TPSA) is 26.3 Å². The van der Waals surface area contributed by atoms with E-state index in [1.54, 1.807) is 0 Å². The lowest BCUT2D eigenvalue weighted by atomic mass is 9.98. The molecule has 2 nitrogen and oxygen atoms in total. The summed E-state index contributed by atoms with van der Waals surface area (Å²) < 4.78 is 5.30. The summed E-state index contributed by atoms with van der Waals surface area (Å²) in [5.74, 6) is 0.465. The van der Waals surface area contributed by atoms with E-state index in [2.05, 4.69) is 0 Å². The molecule has 0 aliphatic heterocycles. The van der Waals surface area contributed by atoms with Gasteiger partial charge in [0, 0.05) is 12.3 Å². The van der Waals surface area contributed by atoms with Gasteiger partial charge in [-0.2, -0.15) is 0 Å². The van der Waals surface area contributed by atoms with Crippen molar-refractivity contribution < 1.29 is 9.53 Å². The Kier molecular flexibility index (Phi) is 5.21. The molecule has 0 aromatic rings. The highest BCUT2D eigenvalue weighted by Crippen LogP contribution is 2.20. The summed E-state index contributed by atoms with van der Waals surface area (Å²) in [6.45, 7) is 0. The first-order valence-electron chi connectivity index (χ1n) is 5.08. The number of hydrogen-bond acceptors (Lipinski definition) is 2. The maximum Gasteiger partial charge on any atom is 0.306 e. The molecule has 0 spiro atoms. The van der Waals surface area contributed by atoms with Gasteiger partial charge in [-0.3, -0.25) is 4.79 Å². The SMILES string of the molecule is O=C(CCCCl)OC1CCCCC1. The van der Waals surface area contributed by atoms with Crippen LogP contribution >= 0.6 is 11.6 Å². The standard InChI is InChI=1S/C10H17ClO2/c11-8-4-7-10(12)13-9-5-2-1-3-6-9/h9H,1-8H2. The molecule has 0 radical (unpaired) electrons. The molecule has 13 heavy (non-hydrogen) atoms. The highest BCUT2D eigenvalue weighted by Gasteiger charge is 2.16. The van der Waals surface area contributed by atoms with Crippen molar-refractivity contribution in [3.63, 3.8) is 0 Å². The third-order valence-electron chi connectivity index (χ3n) is 2.36. The summed E-state index contributed by atoms with van der Waals surface area (Å²) in [7, 11) is 0. The molecule has 1 aliphatic rings. The van der Waals surface area contributed by atoms with E-state index in [-0.39, 0.29) is 12.1 Å². The second-order valence-corrected chi connectivity index (χ2v) is 3.92. The van der Waals surface area contributed by atoms with Crippen LogP contribution in [0.3, 0.4) is 0 Å². The Bertz CT molecular complexity index is 153. The van der Waals surface area contributed by atoms with E-state index >= 15 is 0 Å². The summed E-state index contributed by atoms with van der Waals surface area (Å²) in [6.07, 6.45) is 7.18. The van der Waals surface area contributed by atoms with E-state index in [0.717, 1.165) is 19.3 Å². The molecule has 1 rings (SSSR count). The fourth-order valence-corrected chi connectivity index (χ4v) is 1.77. The fraction of sp³-hybridized carbons (Fsp3) is 0.900. The largest absolute Gasteiger partial charge is 0.462 e. The van der Waals surface area contributed by atoms with Gasteiger partial charge in [0.25, 0.3) is 0 Å². The number of ether oxygens (including phenoxy) is 1. The minimum atomic E-state index is -0.0763. The molecule has 1 fully saturated rings. The van der Waals surface area contributed by atoms with Crippen LogP contribution in [-0.2, 0) is 9.53 Å². The number of rotatable bonds is 4. The molecule has 0 unspecified atom stereocenters. The molecule has 0 atom stereocenters. The highest BCUT2D eigenvalue weighted by molar-refractivity contribution is 6.17. The maximum absolute atomic E-state index is 11.2. The van der Waals surface area contributed by atoms with Crippen molar-refractivity contribution in [1.82, 2.24) is 0 Å². The zero-order valence-electron chi connectivity index (χ0n) is 7.93. The van der Waals surface area contributed by atoms with Crippen LogP contribution in [0.5, 0.6) is 0 Å². The van der Waals surface area contributed by atoms with Gasteiger partial charge in [-0.1, -0.05) is 6.42 Å². The van der Waals surface area contributed by atoms with Crippen molar-refractivity contribution in [1.29, 1.82) is 0 Å². The van der Waals surface area contributed by atoms with Crippen LogP contribution in [0.2, 0.25) is 0 Å². The molecular formula is C10H17ClO2. The van der Waals surface area contributed by atoms with E-state index < -0.39 is 0 Å². The smallest absolute Gasteiger partial charge is 0.306 e. The molecular weight excluding hydrogens is 188 g/mol. The molecule has 3 heteroatoms. The average molecular weight is 205 g/mol. The third-order valence-corrected chi connectivity index (χ3v) is 2.63. The van der Waals surface area contributed by atoms with Gasteiger partial charge >= 0.3 is 5.97 Å².